The summed E-state index contributed by atoms with van der Waals surface area (Å²) < 4.78 is 40.3. The van der Waals surface area contributed by atoms with E-state index in [1.807, 2.05) is 0 Å². The van der Waals surface area contributed by atoms with Crippen molar-refractivity contribution in [1.29, 1.82) is 0 Å². The number of hydrogen-bond acceptors (Lipinski definition) is 5. The molecule has 1 saturated carbocycles. The molecule has 0 radical (unpaired) electrons. The Labute approximate surface area is 144 Å². The van der Waals surface area contributed by atoms with Gasteiger partial charge in [0.25, 0.3) is 5.91 Å². The molecule has 3 atom stereocenters. The summed E-state index contributed by atoms with van der Waals surface area (Å²) in [5.74, 6) is -0.318. The predicted octanol–water partition coefficient (Wildman–Crippen LogP) is 0.213. The average molecular weight is 369 g/mol. The van der Waals surface area contributed by atoms with Gasteiger partial charge in [-0.3, -0.25) is 4.79 Å². The van der Waals surface area contributed by atoms with Crippen LogP contribution in [0.4, 0.5) is 13.2 Å². The Kier molecular flexibility index (Phi) is 3.65. The Balaban J connectivity index is 1.71. The van der Waals surface area contributed by atoms with Crippen LogP contribution < -0.4 is 10.0 Å². The summed E-state index contributed by atoms with van der Waals surface area (Å²) in [5, 5.41) is 26.3. The zero-order valence-electron chi connectivity index (χ0n) is 13.3. The second kappa shape index (κ2) is 5.66. The molecule has 138 valence electrons. The standard InChI is InChI=1S/C15H14F3N5O3/c16-15(17,18)10(6-24)20-14(25)12-9-4-7-3-8(7)13(9)23(21-12)11-5-22(26)2-1-19-11/h1-2,5,7-8,10,24H,3-4,6H2,(H,20,25)/t7-,8-,10+/m0/s1. The molecule has 2 N–H and O–H groups in total. The molecule has 2 aliphatic rings. The number of aromatic nitrogens is 4. The fourth-order valence-corrected chi connectivity index (χ4v) is 3.41. The van der Waals surface area contributed by atoms with Crippen LogP contribution in [-0.2, 0) is 6.42 Å². The van der Waals surface area contributed by atoms with E-state index in [9.17, 15) is 23.2 Å². The molecule has 4 rings (SSSR count). The lowest BCUT2D eigenvalue weighted by atomic mass is 10.1. The minimum Gasteiger partial charge on any atom is -0.619 e. The molecule has 0 aliphatic heterocycles. The van der Waals surface area contributed by atoms with Gasteiger partial charge < -0.3 is 15.6 Å². The molecule has 1 fully saturated rings. The molecule has 8 nitrogen and oxygen atoms in total. The van der Waals surface area contributed by atoms with E-state index in [0.717, 1.165) is 6.42 Å². The quantitative estimate of drug-likeness (QED) is 0.592. The van der Waals surface area contributed by atoms with E-state index in [2.05, 4.69) is 10.1 Å². The molecule has 11 heteroatoms. The van der Waals surface area contributed by atoms with Gasteiger partial charge in [-0.15, -0.1) is 0 Å². The van der Waals surface area contributed by atoms with Crippen LogP contribution in [0.2, 0.25) is 0 Å². The van der Waals surface area contributed by atoms with Gasteiger partial charge in [-0.25, -0.2) is 9.67 Å². The van der Waals surface area contributed by atoms with Crippen molar-refractivity contribution in [2.75, 3.05) is 6.61 Å². The van der Waals surface area contributed by atoms with E-state index in [-0.39, 0.29) is 17.4 Å². The summed E-state index contributed by atoms with van der Waals surface area (Å²) >= 11 is 0. The lowest BCUT2D eigenvalue weighted by molar-refractivity contribution is -0.605. The van der Waals surface area contributed by atoms with Gasteiger partial charge in [0.15, 0.2) is 11.9 Å². The molecular formula is C15H14F3N5O3. The highest BCUT2D eigenvalue weighted by molar-refractivity contribution is 5.94. The minimum atomic E-state index is -4.77. The lowest BCUT2D eigenvalue weighted by Gasteiger charge is -2.18. The number of nitrogens with one attached hydrogen (secondary N) is 1. The lowest BCUT2D eigenvalue weighted by Crippen LogP contribution is -2.48. The SMILES string of the molecule is O=C(N[C@H](CO)C(F)(F)F)c1nn(-c2c[n+]([O-])ccn2)c2c1C[C@@H]1C[C@H]21. The van der Waals surface area contributed by atoms with E-state index >= 15 is 0 Å². The van der Waals surface area contributed by atoms with Crippen LogP contribution >= 0.6 is 0 Å². The zero-order chi connectivity index (χ0) is 18.6. The van der Waals surface area contributed by atoms with Crippen LogP contribution in [0.3, 0.4) is 0 Å². The molecule has 2 heterocycles. The van der Waals surface area contributed by atoms with Crippen molar-refractivity contribution in [2.45, 2.75) is 31.0 Å². The van der Waals surface area contributed by atoms with Crippen LogP contribution in [0, 0.1) is 11.1 Å². The number of amides is 1. The average Bonchev–Trinajstić information content (AvgIpc) is 3.07. The van der Waals surface area contributed by atoms with Crippen molar-refractivity contribution >= 4 is 5.91 Å². The Hall–Kier alpha value is -2.69. The van der Waals surface area contributed by atoms with Crippen molar-refractivity contribution < 1.29 is 27.8 Å². The molecule has 0 saturated heterocycles. The van der Waals surface area contributed by atoms with Gasteiger partial charge in [-0.1, -0.05) is 0 Å². The molecule has 0 bridgehead atoms. The number of carbonyl (C=O) groups excluding carboxylic acids is 1. The molecule has 2 aliphatic carbocycles. The number of rotatable bonds is 4. The molecule has 0 aromatic carbocycles. The Morgan fingerprint density at radius 1 is 1.54 bits per heavy atom. The molecule has 0 unspecified atom stereocenters. The normalized spacial score (nSPS) is 21.8. The van der Waals surface area contributed by atoms with Crippen LogP contribution in [0.25, 0.3) is 5.82 Å². The van der Waals surface area contributed by atoms with Gasteiger partial charge >= 0.3 is 6.18 Å². The van der Waals surface area contributed by atoms with E-state index in [1.54, 1.807) is 5.32 Å². The number of halogens is 3. The monoisotopic (exact) mass is 369 g/mol. The van der Waals surface area contributed by atoms with E-state index < -0.39 is 24.7 Å². The highest BCUT2D eigenvalue weighted by Crippen LogP contribution is 2.57. The van der Waals surface area contributed by atoms with Gasteiger partial charge in [0.1, 0.15) is 6.04 Å². The maximum atomic E-state index is 12.8. The molecule has 1 amide bonds. The second-order valence-corrected chi connectivity index (χ2v) is 6.46. The summed E-state index contributed by atoms with van der Waals surface area (Å²) in [5.41, 5.74) is 1.16. The third-order valence-corrected chi connectivity index (χ3v) is 4.74. The maximum absolute atomic E-state index is 12.8. The second-order valence-electron chi connectivity index (χ2n) is 6.46. The van der Waals surface area contributed by atoms with Crippen molar-refractivity contribution in [1.82, 2.24) is 20.1 Å². The third-order valence-electron chi connectivity index (χ3n) is 4.74. The summed E-state index contributed by atoms with van der Waals surface area (Å²) in [6.07, 6.45) is 0.329. The first kappa shape index (κ1) is 16.8. The minimum absolute atomic E-state index is 0.127. The number of fused-ring (bicyclic) bond motifs is 3. The first-order chi connectivity index (χ1) is 12.3. The highest BCUT2D eigenvalue weighted by atomic mass is 19.4. The number of hydrogen-bond donors (Lipinski definition) is 2. The van der Waals surface area contributed by atoms with Crippen LogP contribution in [0.15, 0.2) is 18.6 Å². The van der Waals surface area contributed by atoms with Crippen LogP contribution in [0.5, 0.6) is 0 Å². The van der Waals surface area contributed by atoms with E-state index in [0.29, 0.717) is 28.3 Å². The van der Waals surface area contributed by atoms with Gasteiger partial charge in [0.2, 0.25) is 12.0 Å². The first-order valence-corrected chi connectivity index (χ1v) is 7.95. The zero-order valence-corrected chi connectivity index (χ0v) is 13.3. The Morgan fingerprint density at radius 2 is 2.31 bits per heavy atom. The number of carbonyl (C=O) groups is 1. The van der Waals surface area contributed by atoms with Crippen molar-refractivity contribution in [3.8, 4) is 5.82 Å². The first-order valence-electron chi connectivity index (χ1n) is 7.95. The van der Waals surface area contributed by atoms with Gasteiger partial charge in [-0.2, -0.15) is 23.0 Å². The Morgan fingerprint density at radius 3 is 2.96 bits per heavy atom. The van der Waals surface area contributed by atoms with Crippen molar-refractivity contribution in [3.05, 3.63) is 40.7 Å². The molecule has 2 aromatic heterocycles. The summed E-state index contributed by atoms with van der Waals surface area (Å²) in [4.78, 5) is 16.4. The smallest absolute Gasteiger partial charge is 0.410 e. The van der Waals surface area contributed by atoms with Crippen LogP contribution in [0.1, 0.15) is 34.1 Å². The van der Waals surface area contributed by atoms with Crippen molar-refractivity contribution in [3.63, 3.8) is 0 Å². The topological polar surface area (TPSA) is 107 Å². The number of aliphatic hydroxyl groups is 1. The largest absolute Gasteiger partial charge is 0.619 e. The number of nitrogens with zero attached hydrogens (tertiary/aromatic N) is 4. The van der Waals surface area contributed by atoms with Gasteiger partial charge in [0, 0.05) is 11.5 Å². The molecule has 26 heavy (non-hydrogen) atoms. The van der Waals surface area contributed by atoms with Gasteiger partial charge in [-0.05, 0) is 18.8 Å². The number of aliphatic hydroxyl groups excluding tert-OH is 1. The summed E-state index contributed by atoms with van der Waals surface area (Å²) in [6.45, 7) is -1.26. The predicted molar refractivity (Wildman–Crippen MR) is 79.3 cm³/mol. The summed E-state index contributed by atoms with van der Waals surface area (Å²) in [6, 6.07) is -2.37. The molecular weight excluding hydrogens is 355 g/mol. The number of alkyl halides is 3. The third kappa shape index (κ3) is 2.68. The molecule has 2 aromatic rings. The Bertz CT molecular complexity index is 882. The fourth-order valence-electron chi connectivity index (χ4n) is 3.41. The fraction of sp³-hybridized carbons (Fsp3) is 0.467. The summed E-state index contributed by atoms with van der Waals surface area (Å²) in [7, 11) is 0. The van der Waals surface area contributed by atoms with E-state index in [4.69, 9.17) is 5.11 Å². The van der Waals surface area contributed by atoms with Crippen LogP contribution in [-0.4, -0.2) is 44.6 Å². The molecule has 0 spiro atoms. The van der Waals surface area contributed by atoms with E-state index in [1.165, 1.54) is 23.3 Å². The van der Waals surface area contributed by atoms with Crippen molar-refractivity contribution in [2.24, 2.45) is 5.92 Å². The highest BCUT2D eigenvalue weighted by Gasteiger charge is 2.51. The van der Waals surface area contributed by atoms with Gasteiger partial charge in [0.05, 0.1) is 18.5 Å². The maximum Gasteiger partial charge on any atom is 0.410 e.